The third kappa shape index (κ3) is 9.33. The van der Waals surface area contributed by atoms with Crippen LogP contribution in [0.4, 0.5) is 32.2 Å². The molecule has 3 saturated carbocycles. The Morgan fingerprint density at radius 2 is 1.72 bits per heavy atom. The Bertz CT molecular complexity index is 2910. The van der Waals surface area contributed by atoms with E-state index in [4.69, 9.17) is 28.7 Å². The van der Waals surface area contributed by atoms with Gasteiger partial charge in [-0.3, -0.25) is 24.2 Å². The van der Waals surface area contributed by atoms with Gasteiger partial charge in [-0.05, 0) is 102 Å². The van der Waals surface area contributed by atoms with Crippen molar-refractivity contribution in [3.63, 3.8) is 0 Å². The molecule has 0 aliphatic heterocycles. The van der Waals surface area contributed by atoms with Gasteiger partial charge in [0.25, 0.3) is 6.43 Å². The summed E-state index contributed by atoms with van der Waals surface area (Å²) in [5.41, 5.74) is 3.82. The Morgan fingerprint density at radius 1 is 1.08 bits per heavy atom. The number of rotatable bonds is 16. The molecule has 2 aromatic carbocycles. The number of sulfonamides is 1. The monoisotopic (exact) mass is 965 g/mol. The molecule has 2 aromatic heterocycles. The smallest absolute Gasteiger partial charge is 0.303 e. The second-order valence-corrected chi connectivity index (χ2v) is 23.1. The van der Waals surface area contributed by atoms with Gasteiger partial charge in [-0.2, -0.15) is 13.9 Å². The average Bonchev–Trinajstić information content (AvgIpc) is 4.16. The number of carbonyl (C=O) groups excluding carboxylic acids is 1. The lowest BCUT2D eigenvalue weighted by Crippen LogP contribution is -2.36. The Hall–Kier alpha value is -5.13. The van der Waals surface area contributed by atoms with Gasteiger partial charge < -0.3 is 11.1 Å². The lowest BCUT2D eigenvalue weighted by molar-refractivity contribution is -0.120. The maximum Gasteiger partial charge on any atom is 0.303 e. The van der Waals surface area contributed by atoms with Crippen LogP contribution in [0.5, 0.6) is 0 Å². The van der Waals surface area contributed by atoms with E-state index in [0.717, 1.165) is 12.1 Å². The lowest BCUT2D eigenvalue weighted by Gasteiger charge is -2.26. The highest BCUT2D eigenvalue weighted by Gasteiger charge is 2.53. The van der Waals surface area contributed by atoms with Crippen molar-refractivity contribution in [3.05, 3.63) is 87.3 Å². The van der Waals surface area contributed by atoms with Crippen molar-refractivity contribution >= 4 is 59.8 Å². The fourth-order valence-corrected chi connectivity index (χ4v) is 11.6. The SMILES string of the molecule is C#C[C@@H]1CC(=C(N)C(F)F)C(=NCC(=O)N[C@@H](Cc2cc(F)cc(F)c2)c2nc(CCC(C)(C)S(=O)(=O)C3CC3)ccc2-c2ccc(Cl)c3c(NS(=O)(=O)C4(C)CC4)nn(C)c23)C1(F)F. The summed E-state index contributed by atoms with van der Waals surface area (Å²) in [6.45, 7) is 3.78. The van der Waals surface area contributed by atoms with Crippen LogP contribution in [-0.4, -0.2) is 76.9 Å². The molecule has 4 N–H and O–H groups in total. The zero-order valence-corrected chi connectivity index (χ0v) is 38.1. The number of alkyl halides is 4. The number of aromatic nitrogens is 3. The topological polar surface area (TPSA) is 178 Å². The maximum absolute atomic E-state index is 15.5. The van der Waals surface area contributed by atoms with Crippen molar-refractivity contribution in [1.82, 2.24) is 20.1 Å². The van der Waals surface area contributed by atoms with Gasteiger partial charge in [-0.15, -0.1) is 6.42 Å². The van der Waals surface area contributed by atoms with Gasteiger partial charge in [0.1, 0.15) is 23.9 Å². The van der Waals surface area contributed by atoms with E-state index in [1.165, 1.54) is 10.7 Å². The van der Waals surface area contributed by atoms with Gasteiger partial charge in [-0.25, -0.2) is 34.4 Å². The summed E-state index contributed by atoms with van der Waals surface area (Å²) in [6, 6.07) is 7.66. The number of amides is 1. The van der Waals surface area contributed by atoms with Crippen molar-refractivity contribution in [1.29, 1.82) is 0 Å². The zero-order valence-electron chi connectivity index (χ0n) is 35.7. The fraction of sp³-hybridized carbons (Fsp3) is 0.455. The zero-order chi connectivity index (χ0) is 47.6. The van der Waals surface area contributed by atoms with Gasteiger partial charge in [-0.1, -0.05) is 29.7 Å². The van der Waals surface area contributed by atoms with Crippen molar-refractivity contribution in [2.75, 3.05) is 11.3 Å². The molecule has 0 spiro atoms. The maximum atomic E-state index is 15.5. The number of aliphatic imine (C=N–C) groups is 1. The molecule has 3 aliphatic rings. The molecule has 1 amide bonds. The van der Waals surface area contributed by atoms with Crippen LogP contribution in [0.1, 0.15) is 82.3 Å². The van der Waals surface area contributed by atoms with Crippen molar-refractivity contribution in [2.24, 2.45) is 23.7 Å². The van der Waals surface area contributed by atoms with Crippen molar-refractivity contribution in [3.8, 4) is 23.5 Å². The number of benzene rings is 2. The Labute approximate surface area is 377 Å². The van der Waals surface area contributed by atoms with E-state index in [2.05, 4.69) is 20.1 Å². The largest absolute Gasteiger partial charge is 0.397 e. The molecule has 3 fully saturated rings. The number of nitrogens with one attached hydrogen (secondary N) is 2. The van der Waals surface area contributed by atoms with E-state index in [0.29, 0.717) is 48.5 Å². The molecule has 3 aliphatic carbocycles. The number of terminal acetylenes is 1. The Morgan fingerprint density at radius 3 is 2.32 bits per heavy atom. The summed E-state index contributed by atoms with van der Waals surface area (Å²) in [6.07, 6.45) is 3.08. The Kier molecular flexibility index (Phi) is 12.7. The van der Waals surface area contributed by atoms with E-state index in [1.807, 2.05) is 5.92 Å². The summed E-state index contributed by atoms with van der Waals surface area (Å²) >= 11 is 6.74. The number of fused-ring (bicyclic) bond motifs is 1. The number of hydrogen-bond donors (Lipinski definition) is 3. The molecule has 348 valence electrons. The molecular weight excluding hydrogens is 920 g/mol. The molecule has 0 radical (unpaired) electrons. The molecular formula is C44H46ClF6N7O5S2. The van der Waals surface area contributed by atoms with E-state index < -0.39 is 106 Å². The Balaban J connectivity index is 1.36. The minimum atomic E-state index is -3.93. The number of anilines is 1. The van der Waals surface area contributed by atoms with Gasteiger partial charge in [0.15, 0.2) is 15.7 Å². The molecule has 2 atom stereocenters. The van der Waals surface area contributed by atoms with Crippen LogP contribution < -0.4 is 15.8 Å². The quantitative estimate of drug-likeness (QED) is 0.0754. The minimum Gasteiger partial charge on any atom is -0.397 e. The number of nitrogens with zero attached hydrogens (tertiary/aromatic N) is 4. The van der Waals surface area contributed by atoms with E-state index in [-0.39, 0.29) is 52.3 Å². The molecule has 0 saturated heterocycles. The summed E-state index contributed by atoms with van der Waals surface area (Å²) in [5, 5.41) is 7.03. The molecule has 7 rings (SSSR count). The van der Waals surface area contributed by atoms with E-state index in [9.17, 15) is 39.2 Å². The first kappa shape index (κ1) is 47.8. The van der Waals surface area contributed by atoms with E-state index in [1.54, 1.807) is 46.0 Å². The number of carbonyl (C=O) groups is 1. The summed E-state index contributed by atoms with van der Waals surface area (Å²) in [5.74, 6) is -6.95. The first-order chi connectivity index (χ1) is 30.3. The van der Waals surface area contributed by atoms with Crippen LogP contribution in [0.15, 0.2) is 58.7 Å². The van der Waals surface area contributed by atoms with Crippen LogP contribution in [0.2, 0.25) is 5.02 Å². The number of aryl methyl sites for hydroxylation is 2. The summed E-state index contributed by atoms with van der Waals surface area (Å²) in [7, 11) is -5.90. The summed E-state index contributed by atoms with van der Waals surface area (Å²) < 4.78 is 143. The van der Waals surface area contributed by atoms with E-state index >= 15 is 8.78 Å². The fourth-order valence-electron chi connectivity index (χ4n) is 8.03. The number of nitrogens with two attached hydrogens (primary N) is 1. The number of sulfone groups is 1. The molecule has 65 heavy (non-hydrogen) atoms. The molecule has 2 heterocycles. The first-order valence-corrected chi connectivity index (χ1v) is 24.0. The second kappa shape index (κ2) is 17.3. The van der Waals surface area contributed by atoms with Crippen LogP contribution in [0, 0.1) is 29.9 Å². The van der Waals surface area contributed by atoms with Crippen LogP contribution in [0.3, 0.4) is 0 Å². The van der Waals surface area contributed by atoms with Gasteiger partial charge in [0.2, 0.25) is 15.9 Å². The molecule has 4 aromatic rings. The average molecular weight is 966 g/mol. The van der Waals surface area contributed by atoms with Crippen LogP contribution in [0.25, 0.3) is 22.0 Å². The number of allylic oxidation sites excluding steroid dienone is 2. The number of pyridine rings is 1. The molecule has 12 nitrogen and oxygen atoms in total. The summed E-state index contributed by atoms with van der Waals surface area (Å²) in [4.78, 5) is 22.6. The van der Waals surface area contributed by atoms with Crippen LogP contribution in [-0.2, 0) is 44.5 Å². The predicted molar refractivity (Wildman–Crippen MR) is 236 cm³/mol. The van der Waals surface area contributed by atoms with Crippen molar-refractivity contribution in [2.45, 2.75) is 105 Å². The number of hydrogen-bond acceptors (Lipinski definition) is 9. The van der Waals surface area contributed by atoms with Crippen LogP contribution >= 0.6 is 11.6 Å². The highest BCUT2D eigenvalue weighted by molar-refractivity contribution is 7.94. The lowest BCUT2D eigenvalue weighted by atomic mass is 9.93. The molecule has 21 heteroatoms. The van der Waals surface area contributed by atoms with Gasteiger partial charge in [0.05, 0.1) is 54.0 Å². The second-order valence-electron chi connectivity index (χ2n) is 17.6. The predicted octanol–water partition coefficient (Wildman–Crippen LogP) is 7.76. The normalized spacial score (nSPS) is 20.2. The van der Waals surface area contributed by atoms with Gasteiger partial charge in [0, 0.05) is 35.5 Å². The van der Waals surface area contributed by atoms with Gasteiger partial charge >= 0.3 is 5.92 Å². The standard InChI is InChI=1S/C44H46ClF6N7O5S2/c1-6-24-20-31(36(52)40(48)49)39(44(24,50)51)53-22-34(59)55-33(19-23-17-25(46)21-26(47)18-23)37-29(10-7-27(54-37)13-14-42(2,3)64(60,61)28-8-9-28)30-11-12-32(45)35-38(30)58(5)56-41(35)57-65(62,63)43(4)15-16-43/h1,7,10-12,17-18,21,24,28,33,40H,8-9,13-16,19-20,22,52H2,2-5H3,(H,55,59)(H,56,57)/t24-,33+/m1/s1. The third-order valence-corrected chi connectivity index (χ3v) is 18.0. The molecule has 0 bridgehead atoms. The highest BCUT2D eigenvalue weighted by Crippen LogP contribution is 2.46. The highest BCUT2D eigenvalue weighted by atomic mass is 35.5. The third-order valence-electron chi connectivity index (χ3n) is 12.4. The number of halogens is 7. The van der Waals surface area contributed by atoms with Crippen molar-refractivity contribution < 1.29 is 48.0 Å². The molecule has 0 unspecified atom stereocenters. The minimum absolute atomic E-state index is 0.0232. The first-order valence-electron chi connectivity index (χ1n) is 20.6.